The summed E-state index contributed by atoms with van der Waals surface area (Å²) in [5.41, 5.74) is -0.0237. The molecule has 0 radical (unpaired) electrons. The predicted molar refractivity (Wildman–Crippen MR) is 112 cm³/mol. The van der Waals surface area contributed by atoms with Crippen LogP contribution < -0.4 is 10.2 Å². The van der Waals surface area contributed by atoms with Gasteiger partial charge in [0, 0.05) is 10.9 Å². The number of hydrogen-bond donors (Lipinski definition) is 1. The summed E-state index contributed by atoms with van der Waals surface area (Å²) in [6.07, 6.45) is 1.39. The fraction of sp³-hybridized carbons (Fsp3) is 0.0476. The Morgan fingerprint density at radius 2 is 1.93 bits per heavy atom. The van der Waals surface area contributed by atoms with Crippen molar-refractivity contribution in [3.63, 3.8) is 0 Å². The van der Waals surface area contributed by atoms with Crippen LogP contribution in [0.25, 0.3) is 0 Å². The second-order valence-corrected chi connectivity index (χ2v) is 8.28. The molecular formula is C21H14F2N2O3S2. The zero-order valence-electron chi connectivity index (χ0n) is 15.3. The maximum absolute atomic E-state index is 14.4. The number of hydrogen-bond acceptors (Lipinski definition) is 5. The van der Waals surface area contributed by atoms with Gasteiger partial charge < -0.3 is 9.73 Å². The highest BCUT2D eigenvalue weighted by molar-refractivity contribution is 7.18. The lowest BCUT2D eigenvalue weighted by Crippen LogP contribution is -2.30. The van der Waals surface area contributed by atoms with Gasteiger partial charge in [0.25, 0.3) is 11.8 Å². The topological polar surface area (TPSA) is 62.6 Å². The molecule has 30 heavy (non-hydrogen) atoms. The molecule has 4 aromatic rings. The van der Waals surface area contributed by atoms with Crippen molar-refractivity contribution >= 4 is 45.2 Å². The SMILES string of the molecule is O=C(Nc1ccc(C(=O)N(Cc2cccs2)c2ccc(F)cc2F)s1)c1ccco1. The van der Waals surface area contributed by atoms with Crippen LogP contribution in [0.15, 0.2) is 70.7 Å². The summed E-state index contributed by atoms with van der Waals surface area (Å²) in [6.45, 7) is 0.130. The van der Waals surface area contributed by atoms with Crippen molar-refractivity contribution in [2.24, 2.45) is 0 Å². The van der Waals surface area contributed by atoms with Gasteiger partial charge in [-0.05, 0) is 47.8 Å². The van der Waals surface area contributed by atoms with Crippen LogP contribution in [0.5, 0.6) is 0 Å². The Bertz CT molecular complexity index is 1170. The van der Waals surface area contributed by atoms with Crippen molar-refractivity contribution in [1.82, 2.24) is 0 Å². The molecule has 0 bridgehead atoms. The number of nitrogens with zero attached hydrogens (tertiary/aromatic N) is 1. The summed E-state index contributed by atoms with van der Waals surface area (Å²) in [7, 11) is 0. The fourth-order valence-corrected chi connectivity index (χ4v) is 4.30. The van der Waals surface area contributed by atoms with E-state index in [9.17, 15) is 18.4 Å². The number of halogens is 2. The summed E-state index contributed by atoms with van der Waals surface area (Å²) >= 11 is 2.48. The van der Waals surface area contributed by atoms with E-state index in [1.165, 1.54) is 34.6 Å². The minimum absolute atomic E-state index is 0.0237. The average Bonchev–Trinajstić information content (AvgIpc) is 3.48. The fourth-order valence-electron chi connectivity index (χ4n) is 2.76. The molecule has 0 aliphatic rings. The number of rotatable bonds is 6. The molecule has 9 heteroatoms. The third-order valence-corrected chi connectivity index (χ3v) is 5.99. The molecule has 3 aromatic heterocycles. The number of carbonyl (C=O) groups excluding carboxylic acids is 2. The van der Waals surface area contributed by atoms with Crippen LogP contribution in [-0.2, 0) is 6.54 Å². The molecule has 0 unspecified atom stereocenters. The van der Waals surface area contributed by atoms with Gasteiger partial charge in [0.05, 0.1) is 28.4 Å². The second-order valence-electron chi connectivity index (χ2n) is 6.16. The maximum atomic E-state index is 14.4. The first kappa shape index (κ1) is 20.0. The van der Waals surface area contributed by atoms with Crippen LogP contribution in [0.2, 0.25) is 0 Å². The maximum Gasteiger partial charge on any atom is 0.291 e. The van der Waals surface area contributed by atoms with Crippen LogP contribution in [-0.4, -0.2) is 11.8 Å². The van der Waals surface area contributed by atoms with Gasteiger partial charge in [-0.15, -0.1) is 22.7 Å². The summed E-state index contributed by atoms with van der Waals surface area (Å²) in [5, 5.41) is 4.95. The summed E-state index contributed by atoms with van der Waals surface area (Å²) in [4.78, 5) is 27.7. The first-order valence-corrected chi connectivity index (χ1v) is 10.4. The monoisotopic (exact) mass is 444 g/mol. The second kappa shape index (κ2) is 8.60. The van der Waals surface area contributed by atoms with E-state index in [4.69, 9.17) is 4.42 Å². The normalized spacial score (nSPS) is 10.7. The van der Waals surface area contributed by atoms with Crippen molar-refractivity contribution in [1.29, 1.82) is 0 Å². The summed E-state index contributed by atoms with van der Waals surface area (Å²) < 4.78 is 32.9. The Morgan fingerprint density at radius 1 is 1.07 bits per heavy atom. The highest BCUT2D eigenvalue weighted by Gasteiger charge is 2.24. The van der Waals surface area contributed by atoms with E-state index >= 15 is 0 Å². The van der Waals surface area contributed by atoms with Gasteiger partial charge in [-0.3, -0.25) is 14.5 Å². The van der Waals surface area contributed by atoms with Crippen LogP contribution in [0.3, 0.4) is 0 Å². The zero-order valence-corrected chi connectivity index (χ0v) is 16.9. The third kappa shape index (κ3) is 4.32. The third-order valence-electron chi connectivity index (χ3n) is 4.14. The number of carbonyl (C=O) groups is 2. The largest absolute Gasteiger partial charge is 0.459 e. The first-order valence-electron chi connectivity index (χ1n) is 8.75. The van der Waals surface area contributed by atoms with Crippen molar-refractivity contribution in [2.75, 3.05) is 10.2 Å². The smallest absolute Gasteiger partial charge is 0.291 e. The van der Waals surface area contributed by atoms with Crippen molar-refractivity contribution in [3.8, 4) is 0 Å². The van der Waals surface area contributed by atoms with Crippen molar-refractivity contribution in [3.05, 3.63) is 93.4 Å². The Balaban J connectivity index is 1.60. The number of thiophene rings is 2. The standard InChI is InChI=1S/C21H14F2N2O3S2/c22-13-5-6-16(15(23)11-13)25(12-14-3-2-10-29-14)21(27)18-7-8-19(30-18)24-20(26)17-4-1-9-28-17/h1-11H,12H2,(H,24,26). The number of anilines is 2. The predicted octanol–water partition coefficient (Wildman–Crippen LogP) is 5.78. The number of benzene rings is 1. The molecule has 0 saturated carbocycles. The minimum atomic E-state index is -0.831. The summed E-state index contributed by atoms with van der Waals surface area (Å²) in [5.74, 6) is -2.32. The molecule has 4 rings (SSSR count). The number of amides is 2. The molecule has 3 heterocycles. The van der Waals surface area contributed by atoms with Gasteiger partial charge in [-0.1, -0.05) is 6.07 Å². The first-order chi connectivity index (χ1) is 14.5. The molecule has 0 aliphatic carbocycles. The molecule has 2 amide bonds. The Kier molecular flexibility index (Phi) is 5.73. The Morgan fingerprint density at radius 3 is 2.63 bits per heavy atom. The Hall–Kier alpha value is -3.30. The lowest BCUT2D eigenvalue weighted by Gasteiger charge is -2.22. The minimum Gasteiger partial charge on any atom is -0.459 e. The lowest BCUT2D eigenvalue weighted by molar-refractivity contribution is 0.0983. The molecule has 152 valence electrons. The van der Waals surface area contributed by atoms with Crippen LogP contribution in [0.4, 0.5) is 19.5 Å². The van der Waals surface area contributed by atoms with E-state index < -0.39 is 23.4 Å². The van der Waals surface area contributed by atoms with E-state index in [1.54, 1.807) is 18.2 Å². The molecule has 1 N–H and O–H groups in total. The molecule has 1 aromatic carbocycles. The highest BCUT2D eigenvalue weighted by atomic mass is 32.1. The highest BCUT2D eigenvalue weighted by Crippen LogP contribution is 2.29. The summed E-state index contributed by atoms with van der Waals surface area (Å²) in [6, 6.07) is 13.0. The lowest BCUT2D eigenvalue weighted by atomic mass is 10.2. The van der Waals surface area contributed by atoms with E-state index in [0.717, 1.165) is 28.3 Å². The Labute approximate surface area is 178 Å². The molecule has 0 spiro atoms. The van der Waals surface area contributed by atoms with Crippen LogP contribution in [0.1, 0.15) is 25.1 Å². The molecule has 0 saturated heterocycles. The van der Waals surface area contributed by atoms with Gasteiger partial charge in [0.15, 0.2) is 5.76 Å². The quantitative estimate of drug-likeness (QED) is 0.410. The molecule has 0 aliphatic heterocycles. The van der Waals surface area contributed by atoms with E-state index in [-0.39, 0.29) is 18.0 Å². The van der Waals surface area contributed by atoms with Gasteiger partial charge in [-0.2, -0.15) is 0 Å². The average molecular weight is 444 g/mol. The number of nitrogens with one attached hydrogen (secondary N) is 1. The van der Waals surface area contributed by atoms with Crippen molar-refractivity contribution in [2.45, 2.75) is 6.54 Å². The molecular weight excluding hydrogens is 430 g/mol. The van der Waals surface area contributed by atoms with Crippen molar-refractivity contribution < 1.29 is 22.8 Å². The van der Waals surface area contributed by atoms with Gasteiger partial charge >= 0.3 is 0 Å². The van der Waals surface area contributed by atoms with Gasteiger partial charge in [0.2, 0.25) is 0 Å². The van der Waals surface area contributed by atoms with Gasteiger partial charge in [0.1, 0.15) is 11.6 Å². The molecule has 0 atom stereocenters. The van der Waals surface area contributed by atoms with E-state index in [1.807, 2.05) is 17.5 Å². The number of furan rings is 1. The van der Waals surface area contributed by atoms with E-state index in [0.29, 0.717) is 9.88 Å². The molecule has 5 nitrogen and oxygen atoms in total. The van der Waals surface area contributed by atoms with E-state index in [2.05, 4.69) is 5.32 Å². The molecule has 0 fully saturated rings. The zero-order chi connectivity index (χ0) is 21.1. The van der Waals surface area contributed by atoms with Gasteiger partial charge in [-0.25, -0.2) is 8.78 Å². The van der Waals surface area contributed by atoms with Crippen LogP contribution >= 0.6 is 22.7 Å². The van der Waals surface area contributed by atoms with Crippen LogP contribution in [0, 0.1) is 11.6 Å².